The lowest BCUT2D eigenvalue weighted by atomic mass is 10.2. The second-order valence-electron chi connectivity index (χ2n) is 3.74. The van der Waals surface area contributed by atoms with E-state index in [1.165, 1.54) is 0 Å². The van der Waals surface area contributed by atoms with Gasteiger partial charge in [0, 0.05) is 0 Å². The maximum absolute atomic E-state index is 9.13. The second kappa shape index (κ2) is 6.67. The molecule has 0 fully saturated rings. The van der Waals surface area contributed by atoms with E-state index in [4.69, 9.17) is 14.6 Å². The van der Waals surface area contributed by atoms with E-state index in [9.17, 15) is 0 Å². The summed E-state index contributed by atoms with van der Waals surface area (Å²) < 4.78 is 11.9. The molecule has 1 aromatic rings. The Morgan fingerprint density at radius 1 is 1.41 bits per heavy atom. The Morgan fingerprint density at radius 2 is 2.12 bits per heavy atom. The molecular formula is C13H17BrO3. The normalized spacial score (nSPS) is 10.1. The fourth-order valence-corrected chi connectivity index (χ4v) is 1.91. The third-order valence-electron chi connectivity index (χ3n) is 2.01. The van der Waals surface area contributed by atoms with E-state index in [1.54, 1.807) is 6.07 Å². The molecule has 0 amide bonds. The Balaban J connectivity index is 3.02. The highest BCUT2D eigenvalue weighted by atomic mass is 79.9. The van der Waals surface area contributed by atoms with Crippen molar-refractivity contribution in [3.8, 4) is 11.5 Å². The summed E-state index contributed by atoms with van der Waals surface area (Å²) in [5.41, 5.74) is 1.72. The average Bonchev–Trinajstić information content (AvgIpc) is 2.27. The minimum absolute atomic E-state index is 0.0283. The van der Waals surface area contributed by atoms with Gasteiger partial charge in [-0.1, -0.05) is 6.58 Å². The van der Waals surface area contributed by atoms with Crippen LogP contribution in [0.4, 0.5) is 0 Å². The highest BCUT2D eigenvalue weighted by Crippen LogP contribution is 2.37. The minimum Gasteiger partial charge on any atom is -0.490 e. The molecule has 0 heterocycles. The van der Waals surface area contributed by atoms with E-state index in [2.05, 4.69) is 22.5 Å². The van der Waals surface area contributed by atoms with Crippen LogP contribution in [0.25, 0.3) is 0 Å². The molecule has 0 saturated heterocycles. The van der Waals surface area contributed by atoms with Crippen LogP contribution >= 0.6 is 15.9 Å². The van der Waals surface area contributed by atoms with Gasteiger partial charge in [0.2, 0.25) is 0 Å². The zero-order chi connectivity index (χ0) is 12.8. The number of aliphatic hydroxyl groups is 1. The van der Waals surface area contributed by atoms with Gasteiger partial charge in [0.1, 0.15) is 6.61 Å². The lowest BCUT2D eigenvalue weighted by Crippen LogP contribution is -2.03. The first kappa shape index (κ1) is 14.1. The van der Waals surface area contributed by atoms with Crippen LogP contribution in [0.3, 0.4) is 0 Å². The highest BCUT2D eigenvalue weighted by Gasteiger charge is 2.11. The van der Waals surface area contributed by atoms with Crippen molar-refractivity contribution in [1.29, 1.82) is 0 Å². The molecular weight excluding hydrogens is 284 g/mol. The molecule has 0 atom stereocenters. The van der Waals surface area contributed by atoms with E-state index in [0.717, 1.165) is 15.6 Å². The van der Waals surface area contributed by atoms with E-state index in [-0.39, 0.29) is 6.61 Å². The number of ether oxygens (including phenoxy) is 2. The largest absolute Gasteiger partial charge is 0.490 e. The molecule has 0 bridgehead atoms. The van der Waals surface area contributed by atoms with Crippen LogP contribution in [0.2, 0.25) is 0 Å². The summed E-state index contributed by atoms with van der Waals surface area (Å²) in [5, 5.41) is 9.13. The molecule has 1 rings (SSSR count). The van der Waals surface area contributed by atoms with Crippen LogP contribution in [-0.2, 0) is 6.61 Å². The molecule has 1 N–H and O–H groups in total. The zero-order valence-electron chi connectivity index (χ0n) is 10.1. The van der Waals surface area contributed by atoms with E-state index >= 15 is 0 Å². The van der Waals surface area contributed by atoms with Gasteiger partial charge in [-0.2, -0.15) is 0 Å². The molecule has 0 radical (unpaired) electrons. The number of rotatable bonds is 6. The van der Waals surface area contributed by atoms with Gasteiger partial charge in [0.15, 0.2) is 11.5 Å². The molecule has 17 heavy (non-hydrogen) atoms. The second-order valence-corrected chi connectivity index (χ2v) is 4.60. The first-order valence-electron chi connectivity index (χ1n) is 5.41. The number of hydrogen-bond acceptors (Lipinski definition) is 3. The van der Waals surface area contributed by atoms with Crippen molar-refractivity contribution in [3.63, 3.8) is 0 Å². The third kappa shape index (κ3) is 4.06. The summed E-state index contributed by atoms with van der Waals surface area (Å²) in [6, 6.07) is 3.60. The Hall–Kier alpha value is -1.00. The highest BCUT2D eigenvalue weighted by molar-refractivity contribution is 9.10. The first-order chi connectivity index (χ1) is 8.08. The standard InChI is InChI=1S/C13H17BrO3/c1-4-16-12-6-10(7-15)5-11(14)13(12)17-8-9(2)3/h5-6,15H,2,4,7-8H2,1,3H3. The van der Waals surface area contributed by atoms with Crippen LogP contribution in [-0.4, -0.2) is 18.3 Å². The molecule has 1 aromatic carbocycles. The Bertz CT molecular complexity index is 402. The SMILES string of the molecule is C=C(C)COc1c(Br)cc(CO)cc1OCC. The van der Waals surface area contributed by atoms with Gasteiger partial charge in [-0.3, -0.25) is 0 Å². The van der Waals surface area contributed by atoms with Crippen molar-refractivity contribution in [2.45, 2.75) is 20.5 Å². The van der Waals surface area contributed by atoms with Crippen LogP contribution in [0, 0.1) is 0 Å². The first-order valence-corrected chi connectivity index (χ1v) is 6.21. The number of hydrogen-bond donors (Lipinski definition) is 1. The summed E-state index contributed by atoms with van der Waals surface area (Å²) in [7, 11) is 0. The fraction of sp³-hybridized carbons (Fsp3) is 0.385. The van der Waals surface area contributed by atoms with Gasteiger partial charge in [-0.15, -0.1) is 0 Å². The van der Waals surface area contributed by atoms with Gasteiger partial charge in [-0.05, 0) is 53.0 Å². The average molecular weight is 301 g/mol. The predicted molar refractivity (Wildman–Crippen MR) is 71.5 cm³/mol. The Morgan fingerprint density at radius 3 is 2.65 bits per heavy atom. The van der Waals surface area contributed by atoms with Gasteiger partial charge in [-0.25, -0.2) is 0 Å². The lowest BCUT2D eigenvalue weighted by Gasteiger charge is -2.14. The van der Waals surface area contributed by atoms with Crippen LogP contribution in [0.15, 0.2) is 28.8 Å². The maximum atomic E-state index is 9.13. The fourth-order valence-electron chi connectivity index (χ4n) is 1.31. The van der Waals surface area contributed by atoms with Crippen LogP contribution < -0.4 is 9.47 Å². The number of aliphatic hydroxyl groups excluding tert-OH is 1. The van der Waals surface area contributed by atoms with E-state index in [1.807, 2.05) is 19.9 Å². The molecule has 94 valence electrons. The van der Waals surface area contributed by atoms with Crippen LogP contribution in [0.5, 0.6) is 11.5 Å². The van der Waals surface area contributed by atoms with Gasteiger partial charge < -0.3 is 14.6 Å². The molecule has 4 heteroatoms. The third-order valence-corrected chi connectivity index (χ3v) is 2.60. The smallest absolute Gasteiger partial charge is 0.175 e. The summed E-state index contributed by atoms with van der Waals surface area (Å²) in [4.78, 5) is 0. The topological polar surface area (TPSA) is 38.7 Å². The summed E-state index contributed by atoms with van der Waals surface area (Å²) in [6.45, 7) is 8.55. The summed E-state index contributed by atoms with van der Waals surface area (Å²) >= 11 is 3.41. The Kier molecular flexibility index (Phi) is 5.51. The van der Waals surface area contributed by atoms with E-state index < -0.39 is 0 Å². The maximum Gasteiger partial charge on any atom is 0.175 e. The van der Waals surface area contributed by atoms with Crippen molar-refractivity contribution in [3.05, 3.63) is 34.3 Å². The molecule has 3 nitrogen and oxygen atoms in total. The number of benzene rings is 1. The van der Waals surface area contributed by atoms with Crippen LogP contribution in [0.1, 0.15) is 19.4 Å². The molecule has 0 saturated carbocycles. The zero-order valence-corrected chi connectivity index (χ0v) is 11.7. The predicted octanol–water partition coefficient (Wildman–Crippen LogP) is 3.30. The molecule has 0 aromatic heterocycles. The van der Waals surface area contributed by atoms with Crippen molar-refractivity contribution in [2.75, 3.05) is 13.2 Å². The quantitative estimate of drug-likeness (QED) is 0.819. The Labute approximate surface area is 110 Å². The van der Waals surface area contributed by atoms with E-state index in [0.29, 0.717) is 24.7 Å². The lowest BCUT2D eigenvalue weighted by molar-refractivity contribution is 0.274. The van der Waals surface area contributed by atoms with Gasteiger partial charge in [0.25, 0.3) is 0 Å². The molecule has 0 aliphatic rings. The monoisotopic (exact) mass is 300 g/mol. The summed E-state index contributed by atoms with van der Waals surface area (Å²) in [5.74, 6) is 1.28. The molecule has 0 spiro atoms. The van der Waals surface area contributed by atoms with Gasteiger partial charge >= 0.3 is 0 Å². The minimum atomic E-state index is -0.0283. The van der Waals surface area contributed by atoms with Crippen molar-refractivity contribution >= 4 is 15.9 Å². The van der Waals surface area contributed by atoms with Crippen molar-refractivity contribution in [2.24, 2.45) is 0 Å². The number of halogens is 1. The van der Waals surface area contributed by atoms with Crippen molar-refractivity contribution in [1.82, 2.24) is 0 Å². The molecule has 0 aliphatic carbocycles. The molecule has 0 unspecified atom stereocenters. The van der Waals surface area contributed by atoms with Crippen molar-refractivity contribution < 1.29 is 14.6 Å². The summed E-state index contributed by atoms with van der Waals surface area (Å²) in [6.07, 6.45) is 0. The van der Waals surface area contributed by atoms with Gasteiger partial charge in [0.05, 0.1) is 17.7 Å². The molecule has 0 aliphatic heterocycles.